The molecule has 3 aromatic carbocycles. The molecule has 0 spiro atoms. The van der Waals surface area contributed by atoms with E-state index in [0.29, 0.717) is 22.4 Å². The maximum atomic E-state index is 13.1. The van der Waals surface area contributed by atoms with Gasteiger partial charge in [-0.15, -0.1) is 0 Å². The summed E-state index contributed by atoms with van der Waals surface area (Å²) in [6.45, 7) is -1.17. The van der Waals surface area contributed by atoms with Gasteiger partial charge in [0.15, 0.2) is 0 Å². The monoisotopic (exact) mass is 613 g/mol. The zero-order valence-corrected chi connectivity index (χ0v) is 24.2. The molecule has 3 amide bonds. The number of amides is 3. The van der Waals surface area contributed by atoms with Crippen molar-refractivity contribution in [1.82, 2.24) is 25.9 Å². The second kappa shape index (κ2) is 16.2. The molecule has 1 aromatic heterocycles. The van der Waals surface area contributed by atoms with Gasteiger partial charge in [0, 0.05) is 29.3 Å². The van der Waals surface area contributed by atoms with Crippen LogP contribution in [0.2, 0.25) is 0 Å². The largest absolute Gasteiger partial charge is 0.394 e. The summed E-state index contributed by atoms with van der Waals surface area (Å²) in [4.78, 5) is 47.1. The first-order valence-corrected chi connectivity index (χ1v) is 14.3. The fourth-order valence-corrected chi connectivity index (χ4v) is 4.55. The van der Waals surface area contributed by atoms with E-state index in [9.17, 15) is 34.8 Å². The SMILES string of the molecule is O=C(N[C@@H](CO)[C@@H](O)[C@@H](NC(=O)c1ccccc1)c1cnc(C[C@H](O)[C@H](CO)NC(=O)c2ccccc2)cn1)c1ccccc1. The number of benzene rings is 3. The standard InChI is InChI=1S/C33H35N5O7/c39-19-26(36-31(43)21-10-4-1-5-11-21)28(41)16-24-17-35-25(18-34-24)29(38-33(45)23-14-8-3-9-15-23)30(42)27(20-40)37-32(44)22-12-6-2-7-13-22/h1-15,17-18,26-30,39-42H,16,19-20H2,(H,36,43)(H,37,44)(H,38,45)/t26-,27-,28-,29-,30+/m0/s1. The Morgan fingerprint density at radius 3 is 1.47 bits per heavy atom. The number of carbonyl (C=O) groups is 3. The van der Waals surface area contributed by atoms with Crippen LogP contribution in [0.4, 0.5) is 0 Å². The lowest BCUT2D eigenvalue weighted by Crippen LogP contribution is -2.52. The van der Waals surface area contributed by atoms with Crippen LogP contribution < -0.4 is 16.0 Å². The Kier molecular flexibility index (Phi) is 11.8. The smallest absolute Gasteiger partial charge is 0.251 e. The van der Waals surface area contributed by atoms with Gasteiger partial charge in [-0.25, -0.2) is 0 Å². The van der Waals surface area contributed by atoms with E-state index in [2.05, 4.69) is 25.9 Å². The van der Waals surface area contributed by atoms with Gasteiger partial charge in [-0.05, 0) is 36.4 Å². The van der Waals surface area contributed by atoms with E-state index in [1.54, 1.807) is 91.0 Å². The normalized spacial score (nSPS) is 14.3. The Balaban J connectivity index is 1.51. The second-order valence-electron chi connectivity index (χ2n) is 10.3. The van der Waals surface area contributed by atoms with Crippen LogP contribution >= 0.6 is 0 Å². The molecule has 4 aromatic rings. The van der Waals surface area contributed by atoms with Crippen molar-refractivity contribution in [3.8, 4) is 0 Å². The Hall–Kier alpha value is -5.01. The van der Waals surface area contributed by atoms with Crippen LogP contribution in [-0.2, 0) is 6.42 Å². The molecule has 0 saturated carbocycles. The molecular formula is C33H35N5O7. The Morgan fingerprint density at radius 1 is 0.600 bits per heavy atom. The third-order valence-electron chi connectivity index (χ3n) is 7.10. The van der Waals surface area contributed by atoms with Crippen molar-refractivity contribution in [3.63, 3.8) is 0 Å². The van der Waals surface area contributed by atoms with Crippen LogP contribution in [0, 0.1) is 0 Å². The van der Waals surface area contributed by atoms with E-state index in [4.69, 9.17) is 0 Å². The van der Waals surface area contributed by atoms with Crippen molar-refractivity contribution in [3.05, 3.63) is 131 Å². The molecular weight excluding hydrogens is 578 g/mol. The molecule has 12 heteroatoms. The molecule has 1 heterocycles. The van der Waals surface area contributed by atoms with Gasteiger partial charge in [-0.1, -0.05) is 54.6 Å². The number of aliphatic hydroxyl groups is 4. The molecule has 5 atom stereocenters. The van der Waals surface area contributed by atoms with E-state index in [0.717, 1.165) is 0 Å². The summed E-state index contributed by atoms with van der Waals surface area (Å²) < 4.78 is 0. The number of nitrogens with one attached hydrogen (secondary N) is 3. The quantitative estimate of drug-likeness (QED) is 0.108. The third kappa shape index (κ3) is 9.00. The average Bonchev–Trinajstić information content (AvgIpc) is 3.09. The van der Waals surface area contributed by atoms with Gasteiger partial charge >= 0.3 is 0 Å². The lowest BCUT2D eigenvalue weighted by molar-refractivity contribution is 0.0479. The van der Waals surface area contributed by atoms with Gasteiger partial charge in [0.1, 0.15) is 12.1 Å². The van der Waals surface area contributed by atoms with Gasteiger partial charge in [0.05, 0.1) is 49.0 Å². The van der Waals surface area contributed by atoms with Crippen LogP contribution in [-0.4, -0.2) is 85.6 Å². The molecule has 0 aliphatic heterocycles. The van der Waals surface area contributed by atoms with Crippen LogP contribution in [0.5, 0.6) is 0 Å². The lowest BCUT2D eigenvalue weighted by Gasteiger charge is -2.30. The summed E-state index contributed by atoms with van der Waals surface area (Å²) in [5, 5.41) is 49.9. The predicted octanol–water partition coefficient (Wildman–Crippen LogP) is 0.794. The van der Waals surface area contributed by atoms with Crippen molar-refractivity contribution < 1.29 is 34.8 Å². The molecule has 0 radical (unpaired) electrons. The topological polar surface area (TPSA) is 194 Å². The first-order chi connectivity index (χ1) is 21.8. The highest BCUT2D eigenvalue weighted by Crippen LogP contribution is 2.19. The number of carbonyl (C=O) groups excluding carboxylic acids is 3. The van der Waals surface area contributed by atoms with Gasteiger partial charge < -0.3 is 36.4 Å². The number of rotatable bonds is 14. The van der Waals surface area contributed by atoms with Crippen molar-refractivity contribution in [2.45, 2.75) is 36.8 Å². The maximum absolute atomic E-state index is 13.1. The number of aromatic nitrogens is 2. The summed E-state index contributed by atoms with van der Waals surface area (Å²) in [7, 11) is 0. The van der Waals surface area contributed by atoms with Gasteiger partial charge in [-0.2, -0.15) is 0 Å². The number of aliphatic hydroxyl groups excluding tert-OH is 4. The molecule has 7 N–H and O–H groups in total. The highest BCUT2D eigenvalue weighted by molar-refractivity contribution is 5.95. The molecule has 45 heavy (non-hydrogen) atoms. The third-order valence-corrected chi connectivity index (χ3v) is 7.10. The molecule has 0 saturated heterocycles. The highest BCUT2D eigenvalue weighted by atomic mass is 16.3. The molecule has 12 nitrogen and oxygen atoms in total. The van der Waals surface area contributed by atoms with Crippen LogP contribution in [0.25, 0.3) is 0 Å². The van der Waals surface area contributed by atoms with Crippen molar-refractivity contribution in [2.75, 3.05) is 13.2 Å². The fourth-order valence-electron chi connectivity index (χ4n) is 4.55. The molecule has 4 rings (SSSR count). The van der Waals surface area contributed by atoms with Crippen LogP contribution in [0.3, 0.4) is 0 Å². The van der Waals surface area contributed by atoms with Crippen LogP contribution in [0.1, 0.15) is 48.5 Å². The average molecular weight is 614 g/mol. The number of hydrogen-bond donors (Lipinski definition) is 7. The molecule has 0 bridgehead atoms. The summed E-state index contributed by atoms with van der Waals surface area (Å²) in [6, 6.07) is 21.5. The molecule has 0 aliphatic rings. The molecule has 234 valence electrons. The Bertz CT molecular complexity index is 1530. The summed E-state index contributed by atoms with van der Waals surface area (Å²) >= 11 is 0. The summed E-state index contributed by atoms with van der Waals surface area (Å²) in [5.41, 5.74) is 1.42. The number of nitrogens with zero attached hydrogens (tertiary/aromatic N) is 2. The summed E-state index contributed by atoms with van der Waals surface area (Å²) in [6.07, 6.45) is -0.201. The first kappa shape index (κ1) is 32.9. The van der Waals surface area contributed by atoms with E-state index in [1.165, 1.54) is 12.4 Å². The number of hydrogen-bond acceptors (Lipinski definition) is 9. The van der Waals surface area contributed by atoms with Gasteiger partial charge in [-0.3, -0.25) is 24.4 Å². The zero-order valence-electron chi connectivity index (χ0n) is 24.2. The minimum atomic E-state index is -1.53. The second-order valence-corrected chi connectivity index (χ2v) is 10.3. The fraction of sp³-hybridized carbons (Fsp3) is 0.242. The van der Waals surface area contributed by atoms with E-state index in [1.807, 2.05) is 0 Å². The molecule has 0 aliphatic carbocycles. The molecule has 0 fully saturated rings. The van der Waals surface area contributed by atoms with Crippen molar-refractivity contribution in [2.24, 2.45) is 0 Å². The Morgan fingerprint density at radius 2 is 1.04 bits per heavy atom. The van der Waals surface area contributed by atoms with E-state index >= 15 is 0 Å². The van der Waals surface area contributed by atoms with Crippen molar-refractivity contribution >= 4 is 17.7 Å². The molecule has 0 unspecified atom stereocenters. The van der Waals surface area contributed by atoms with E-state index in [-0.39, 0.29) is 12.1 Å². The maximum Gasteiger partial charge on any atom is 0.251 e. The lowest BCUT2D eigenvalue weighted by atomic mass is 9.99. The van der Waals surface area contributed by atoms with Crippen LogP contribution in [0.15, 0.2) is 103 Å². The van der Waals surface area contributed by atoms with E-state index < -0.39 is 61.3 Å². The minimum absolute atomic E-state index is 0.0798. The Labute approximate surface area is 259 Å². The predicted molar refractivity (Wildman–Crippen MR) is 164 cm³/mol. The van der Waals surface area contributed by atoms with Gasteiger partial charge in [0.25, 0.3) is 17.7 Å². The van der Waals surface area contributed by atoms with Crippen molar-refractivity contribution in [1.29, 1.82) is 0 Å². The zero-order chi connectivity index (χ0) is 32.2. The van der Waals surface area contributed by atoms with Gasteiger partial charge in [0.2, 0.25) is 0 Å². The summed E-state index contributed by atoms with van der Waals surface area (Å²) in [5.74, 6) is -1.53. The minimum Gasteiger partial charge on any atom is -0.394 e. The first-order valence-electron chi connectivity index (χ1n) is 14.3. The highest BCUT2D eigenvalue weighted by Gasteiger charge is 2.33.